The maximum Gasteiger partial charge on any atom is 0.408 e. The van der Waals surface area contributed by atoms with Crippen LogP contribution in [-0.4, -0.2) is 29.3 Å². The second kappa shape index (κ2) is 6.41. The van der Waals surface area contributed by atoms with Crippen LogP contribution in [0, 0.1) is 11.3 Å². The molecular formula is C13H22N2O4. The van der Waals surface area contributed by atoms with E-state index in [2.05, 4.69) is 5.32 Å². The van der Waals surface area contributed by atoms with Crippen molar-refractivity contribution < 1.29 is 19.1 Å². The summed E-state index contributed by atoms with van der Waals surface area (Å²) in [4.78, 5) is 23.4. The van der Waals surface area contributed by atoms with E-state index in [1.807, 2.05) is 6.07 Å². The average molecular weight is 270 g/mol. The molecule has 0 aliphatic carbocycles. The lowest BCUT2D eigenvalue weighted by atomic mass is 10.1. The Morgan fingerprint density at radius 3 is 1.95 bits per heavy atom. The predicted molar refractivity (Wildman–Crippen MR) is 69.2 cm³/mol. The van der Waals surface area contributed by atoms with E-state index in [1.165, 1.54) is 0 Å². The Balaban J connectivity index is 4.63. The zero-order chi connectivity index (χ0) is 15.3. The second-order valence-electron chi connectivity index (χ2n) is 6.09. The number of hydrogen-bond acceptors (Lipinski definition) is 5. The van der Waals surface area contributed by atoms with Crippen molar-refractivity contribution >= 4 is 12.1 Å². The summed E-state index contributed by atoms with van der Waals surface area (Å²) in [6.07, 6.45) is -0.924. The number of nitrogens with one attached hydrogen (secondary N) is 1. The van der Waals surface area contributed by atoms with Crippen LogP contribution in [0.4, 0.5) is 4.79 Å². The summed E-state index contributed by atoms with van der Waals surface area (Å²) in [5.74, 6) is -0.653. The fourth-order valence-electron chi connectivity index (χ4n) is 1.11. The van der Waals surface area contributed by atoms with Gasteiger partial charge in [-0.15, -0.1) is 0 Å². The summed E-state index contributed by atoms with van der Waals surface area (Å²) in [6.45, 7) is 10.3. The van der Waals surface area contributed by atoms with Crippen LogP contribution in [0.2, 0.25) is 0 Å². The first-order chi connectivity index (χ1) is 8.44. The van der Waals surface area contributed by atoms with Gasteiger partial charge >= 0.3 is 12.1 Å². The number of amides is 1. The first-order valence-corrected chi connectivity index (χ1v) is 6.04. The molecule has 108 valence electrons. The Labute approximate surface area is 114 Å². The Bertz CT molecular complexity index is 372. The molecular weight excluding hydrogens is 248 g/mol. The number of carbonyl (C=O) groups is 2. The molecule has 0 aliphatic heterocycles. The largest absolute Gasteiger partial charge is 0.458 e. The molecule has 0 aromatic carbocycles. The van der Waals surface area contributed by atoms with E-state index in [1.54, 1.807) is 41.5 Å². The van der Waals surface area contributed by atoms with E-state index in [0.29, 0.717) is 0 Å². The van der Waals surface area contributed by atoms with Gasteiger partial charge in [-0.25, -0.2) is 9.59 Å². The fourth-order valence-corrected chi connectivity index (χ4v) is 1.11. The SMILES string of the molecule is CC(C)(C)OC(=O)N[C@@H](CC#N)C(=O)OC(C)(C)C. The molecule has 0 radical (unpaired) electrons. The van der Waals surface area contributed by atoms with Crippen LogP contribution < -0.4 is 5.32 Å². The highest BCUT2D eigenvalue weighted by Gasteiger charge is 2.28. The summed E-state index contributed by atoms with van der Waals surface area (Å²) >= 11 is 0. The quantitative estimate of drug-likeness (QED) is 0.794. The minimum Gasteiger partial charge on any atom is -0.458 e. The summed E-state index contributed by atoms with van der Waals surface area (Å²) in [6, 6.07) is 0.803. The molecule has 0 saturated heterocycles. The molecule has 0 heterocycles. The van der Waals surface area contributed by atoms with Gasteiger partial charge in [0.2, 0.25) is 0 Å². The Morgan fingerprint density at radius 1 is 1.11 bits per heavy atom. The van der Waals surface area contributed by atoms with Crippen molar-refractivity contribution in [3.05, 3.63) is 0 Å². The Morgan fingerprint density at radius 2 is 1.58 bits per heavy atom. The van der Waals surface area contributed by atoms with Crippen molar-refractivity contribution in [1.29, 1.82) is 5.26 Å². The third kappa shape index (κ3) is 8.89. The topological polar surface area (TPSA) is 88.4 Å². The van der Waals surface area contributed by atoms with Crippen LogP contribution in [0.15, 0.2) is 0 Å². The van der Waals surface area contributed by atoms with Gasteiger partial charge in [0.15, 0.2) is 0 Å². The van der Waals surface area contributed by atoms with Crippen molar-refractivity contribution in [2.45, 2.75) is 65.2 Å². The molecule has 1 N–H and O–H groups in total. The highest BCUT2D eigenvalue weighted by molar-refractivity contribution is 5.82. The van der Waals surface area contributed by atoms with Gasteiger partial charge in [0.1, 0.15) is 17.2 Å². The van der Waals surface area contributed by atoms with Crippen LogP contribution in [0.25, 0.3) is 0 Å². The first-order valence-electron chi connectivity index (χ1n) is 6.04. The van der Waals surface area contributed by atoms with Crippen LogP contribution in [0.5, 0.6) is 0 Å². The van der Waals surface area contributed by atoms with Crippen LogP contribution in [0.1, 0.15) is 48.0 Å². The molecule has 1 amide bonds. The molecule has 0 saturated carbocycles. The summed E-state index contributed by atoms with van der Waals surface area (Å²) in [5.41, 5.74) is -1.35. The Kier molecular flexibility index (Phi) is 5.81. The molecule has 0 unspecified atom stereocenters. The van der Waals surface area contributed by atoms with E-state index >= 15 is 0 Å². The molecule has 0 rings (SSSR count). The summed E-state index contributed by atoms with van der Waals surface area (Å²) < 4.78 is 10.2. The third-order valence-corrected chi connectivity index (χ3v) is 1.68. The number of alkyl carbamates (subject to hydrolysis) is 1. The van der Waals surface area contributed by atoms with E-state index in [4.69, 9.17) is 14.7 Å². The minimum absolute atomic E-state index is 0.172. The first kappa shape index (κ1) is 17.2. The standard InChI is InChI=1S/C13H22N2O4/c1-12(2,3)18-10(16)9(7-8-14)15-11(17)19-13(4,5)6/h9H,7H2,1-6H3,(H,15,17)/t9-/m0/s1. The van der Waals surface area contributed by atoms with Gasteiger partial charge in [-0.05, 0) is 41.5 Å². The van der Waals surface area contributed by atoms with Crippen molar-refractivity contribution in [2.24, 2.45) is 0 Å². The molecule has 6 heteroatoms. The predicted octanol–water partition coefficient (Wildman–Crippen LogP) is 2.14. The third-order valence-electron chi connectivity index (χ3n) is 1.68. The maximum absolute atomic E-state index is 11.8. The molecule has 0 aliphatic rings. The van der Waals surface area contributed by atoms with Gasteiger partial charge in [-0.3, -0.25) is 0 Å². The van der Waals surface area contributed by atoms with Gasteiger partial charge in [-0.1, -0.05) is 0 Å². The zero-order valence-corrected chi connectivity index (χ0v) is 12.4. The van der Waals surface area contributed by atoms with Gasteiger partial charge in [0.05, 0.1) is 12.5 Å². The molecule has 0 aromatic rings. The van der Waals surface area contributed by atoms with Gasteiger partial charge in [0, 0.05) is 0 Å². The number of ether oxygens (including phenoxy) is 2. The van der Waals surface area contributed by atoms with E-state index in [9.17, 15) is 9.59 Å². The molecule has 0 spiro atoms. The molecule has 0 fully saturated rings. The highest BCUT2D eigenvalue weighted by Crippen LogP contribution is 2.11. The van der Waals surface area contributed by atoms with Crippen LogP contribution in [0.3, 0.4) is 0 Å². The number of rotatable bonds is 3. The minimum atomic E-state index is -1.03. The Hall–Kier alpha value is -1.77. The molecule has 19 heavy (non-hydrogen) atoms. The number of nitriles is 1. The number of nitrogens with zero attached hydrogens (tertiary/aromatic N) is 1. The molecule has 0 bridgehead atoms. The van der Waals surface area contributed by atoms with E-state index < -0.39 is 29.3 Å². The molecule has 0 aromatic heterocycles. The monoisotopic (exact) mass is 270 g/mol. The average Bonchev–Trinajstić information content (AvgIpc) is 2.10. The lowest BCUT2D eigenvalue weighted by molar-refractivity contribution is -0.157. The van der Waals surface area contributed by atoms with E-state index in [-0.39, 0.29) is 6.42 Å². The molecule has 1 atom stereocenters. The smallest absolute Gasteiger partial charge is 0.408 e. The van der Waals surface area contributed by atoms with Crippen molar-refractivity contribution in [3.8, 4) is 6.07 Å². The fraction of sp³-hybridized carbons (Fsp3) is 0.769. The highest BCUT2D eigenvalue weighted by atomic mass is 16.6. The maximum atomic E-state index is 11.8. The molecule has 6 nitrogen and oxygen atoms in total. The number of hydrogen-bond donors (Lipinski definition) is 1. The van der Waals surface area contributed by atoms with Crippen LogP contribution >= 0.6 is 0 Å². The second-order valence-corrected chi connectivity index (χ2v) is 6.09. The van der Waals surface area contributed by atoms with Crippen molar-refractivity contribution in [2.75, 3.05) is 0 Å². The number of esters is 1. The van der Waals surface area contributed by atoms with Crippen molar-refractivity contribution in [3.63, 3.8) is 0 Å². The van der Waals surface area contributed by atoms with Crippen LogP contribution in [-0.2, 0) is 14.3 Å². The number of carbonyl (C=O) groups excluding carboxylic acids is 2. The zero-order valence-electron chi connectivity index (χ0n) is 12.4. The summed E-state index contributed by atoms with van der Waals surface area (Å²) in [7, 11) is 0. The van der Waals surface area contributed by atoms with Crippen molar-refractivity contribution in [1.82, 2.24) is 5.32 Å². The lowest BCUT2D eigenvalue weighted by Crippen LogP contribution is -2.45. The van der Waals surface area contributed by atoms with E-state index in [0.717, 1.165) is 0 Å². The summed E-state index contributed by atoms with van der Waals surface area (Å²) in [5, 5.41) is 11.0. The van der Waals surface area contributed by atoms with Gasteiger partial charge in [-0.2, -0.15) is 5.26 Å². The van der Waals surface area contributed by atoms with Gasteiger partial charge in [0.25, 0.3) is 0 Å². The normalized spacial score (nSPS) is 13.1. The lowest BCUT2D eigenvalue weighted by Gasteiger charge is -2.25. The van der Waals surface area contributed by atoms with Gasteiger partial charge < -0.3 is 14.8 Å².